The summed E-state index contributed by atoms with van der Waals surface area (Å²) in [7, 11) is 0. The number of rotatable bonds is 5. The van der Waals surface area contributed by atoms with Gasteiger partial charge >= 0.3 is 0 Å². The fraction of sp³-hybridized carbons (Fsp3) is 0.417. The summed E-state index contributed by atoms with van der Waals surface area (Å²) in [5.74, 6) is 2.30. The summed E-state index contributed by atoms with van der Waals surface area (Å²) >= 11 is 1.54. The van der Waals surface area contributed by atoms with Crippen molar-refractivity contribution >= 4 is 11.8 Å². The highest BCUT2D eigenvalue weighted by molar-refractivity contribution is 7.99. The number of benzene rings is 1. The summed E-state index contributed by atoms with van der Waals surface area (Å²) in [6, 6.07) is 7.67. The van der Waals surface area contributed by atoms with Crippen LogP contribution in [0.5, 0.6) is 11.5 Å². The van der Waals surface area contributed by atoms with Crippen LogP contribution in [0.3, 0.4) is 0 Å². The number of tetrazole rings is 1. The first-order chi connectivity index (χ1) is 9.86. The number of ether oxygens (including phenoxy) is 2. The minimum Gasteiger partial charge on any atom is -0.486 e. The van der Waals surface area contributed by atoms with Gasteiger partial charge in [-0.25, -0.2) is 4.68 Å². The maximum Gasteiger partial charge on any atom is 0.209 e. The van der Waals surface area contributed by atoms with E-state index in [-0.39, 0.29) is 6.10 Å². The summed E-state index contributed by atoms with van der Waals surface area (Å²) in [4.78, 5) is 0. The minimum absolute atomic E-state index is 0.0158. The molecule has 7 nitrogen and oxygen atoms in total. The largest absolute Gasteiger partial charge is 0.486 e. The predicted octanol–water partition coefficient (Wildman–Crippen LogP) is 0.564. The van der Waals surface area contributed by atoms with E-state index in [4.69, 9.17) is 15.2 Å². The Morgan fingerprint density at radius 3 is 3.05 bits per heavy atom. The lowest BCUT2D eigenvalue weighted by atomic mass is 10.3. The molecule has 0 aliphatic carbocycles. The van der Waals surface area contributed by atoms with Gasteiger partial charge in [0.1, 0.15) is 12.7 Å². The van der Waals surface area contributed by atoms with Crippen LogP contribution in [0, 0.1) is 0 Å². The number of fused-ring (bicyclic) bond motifs is 1. The molecule has 0 amide bonds. The van der Waals surface area contributed by atoms with E-state index in [2.05, 4.69) is 15.5 Å². The van der Waals surface area contributed by atoms with Crippen molar-refractivity contribution in [1.82, 2.24) is 20.2 Å². The monoisotopic (exact) mass is 293 g/mol. The molecule has 0 bridgehead atoms. The van der Waals surface area contributed by atoms with Gasteiger partial charge in [0.25, 0.3) is 0 Å². The normalized spacial score (nSPS) is 17.1. The molecule has 106 valence electrons. The van der Waals surface area contributed by atoms with E-state index >= 15 is 0 Å². The Labute approximate surface area is 120 Å². The van der Waals surface area contributed by atoms with Crippen LogP contribution in [-0.4, -0.2) is 45.2 Å². The van der Waals surface area contributed by atoms with Crippen LogP contribution in [-0.2, 0) is 6.54 Å². The van der Waals surface area contributed by atoms with Gasteiger partial charge in [0.15, 0.2) is 11.5 Å². The third-order valence-electron chi connectivity index (χ3n) is 2.81. The third kappa shape index (κ3) is 2.86. The molecule has 0 radical (unpaired) electrons. The molecule has 1 aliphatic heterocycles. The molecule has 0 saturated carbocycles. The van der Waals surface area contributed by atoms with Crippen LogP contribution in [0.25, 0.3) is 0 Å². The molecule has 1 aromatic heterocycles. The molecule has 20 heavy (non-hydrogen) atoms. The molecule has 1 atom stereocenters. The zero-order valence-corrected chi connectivity index (χ0v) is 11.6. The first kappa shape index (κ1) is 13.2. The third-order valence-corrected chi connectivity index (χ3v) is 3.89. The molecular weight excluding hydrogens is 278 g/mol. The lowest BCUT2D eigenvalue weighted by Gasteiger charge is -2.25. The quantitative estimate of drug-likeness (QED) is 0.806. The summed E-state index contributed by atoms with van der Waals surface area (Å²) in [5, 5.41) is 12.3. The predicted molar refractivity (Wildman–Crippen MR) is 73.9 cm³/mol. The highest BCUT2D eigenvalue weighted by atomic mass is 32.2. The van der Waals surface area contributed by atoms with Crippen molar-refractivity contribution in [2.24, 2.45) is 5.73 Å². The minimum atomic E-state index is -0.0158. The molecular formula is C12H15N5O2S. The molecule has 2 N–H and O–H groups in total. The zero-order chi connectivity index (χ0) is 13.8. The van der Waals surface area contributed by atoms with Crippen molar-refractivity contribution < 1.29 is 9.47 Å². The topological polar surface area (TPSA) is 88.1 Å². The average Bonchev–Trinajstić information content (AvgIpc) is 2.93. The molecule has 0 spiro atoms. The molecule has 1 unspecified atom stereocenters. The van der Waals surface area contributed by atoms with Crippen molar-refractivity contribution in [1.29, 1.82) is 0 Å². The lowest BCUT2D eigenvalue weighted by Crippen LogP contribution is -2.31. The maximum absolute atomic E-state index is 5.88. The Kier molecular flexibility index (Phi) is 4.03. The van der Waals surface area contributed by atoms with Gasteiger partial charge in [0.05, 0.1) is 6.54 Å². The molecule has 0 fully saturated rings. The second-order valence-corrected chi connectivity index (χ2v) is 5.27. The number of hydrogen-bond acceptors (Lipinski definition) is 7. The van der Waals surface area contributed by atoms with Gasteiger partial charge in [0, 0.05) is 12.3 Å². The van der Waals surface area contributed by atoms with E-state index in [1.165, 1.54) is 0 Å². The highest BCUT2D eigenvalue weighted by Gasteiger charge is 2.21. The summed E-state index contributed by atoms with van der Waals surface area (Å²) < 4.78 is 13.2. The molecule has 2 aromatic rings. The van der Waals surface area contributed by atoms with Gasteiger partial charge in [-0.2, -0.15) is 0 Å². The lowest BCUT2D eigenvalue weighted by molar-refractivity contribution is 0.107. The average molecular weight is 293 g/mol. The van der Waals surface area contributed by atoms with Gasteiger partial charge in [-0.1, -0.05) is 23.9 Å². The zero-order valence-electron chi connectivity index (χ0n) is 10.8. The van der Waals surface area contributed by atoms with E-state index in [0.29, 0.717) is 19.7 Å². The Bertz CT molecular complexity index is 576. The molecule has 0 saturated heterocycles. The number of nitrogens with two attached hydrogens (primary N) is 1. The van der Waals surface area contributed by atoms with E-state index in [1.807, 2.05) is 24.3 Å². The number of thioether (sulfide) groups is 1. The summed E-state index contributed by atoms with van der Waals surface area (Å²) in [6.07, 6.45) is -0.0158. The second kappa shape index (κ2) is 6.10. The smallest absolute Gasteiger partial charge is 0.209 e. The van der Waals surface area contributed by atoms with Crippen LogP contribution in [0.15, 0.2) is 29.4 Å². The van der Waals surface area contributed by atoms with Gasteiger partial charge in [-0.3, -0.25) is 0 Å². The molecule has 2 heterocycles. The van der Waals surface area contributed by atoms with Crippen molar-refractivity contribution in [2.45, 2.75) is 17.8 Å². The van der Waals surface area contributed by atoms with E-state index in [1.54, 1.807) is 16.4 Å². The van der Waals surface area contributed by atoms with Crippen molar-refractivity contribution in [3.05, 3.63) is 24.3 Å². The first-order valence-electron chi connectivity index (χ1n) is 6.34. The van der Waals surface area contributed by atoms with Gasteiger partial charge in [-0.15, -0.1) is 5.10 Å². The van der Waals surface area contributed by atoms with Crippen LogP contribution in [0.1, 0.15) is 0 Å². The van der Waals surface area contributed by atoms with Crippen molar-refractivity contribution in [2.75, 3.05) is 18.9 Å². The van der Waals surface area contributed by atoms with E-state index < -0.39 is 0 Å². The number of hydrogen-bond donors (Lipinski definition) is 1. The Morgan fingerprint density at radius 2 is 2.20 bits per heavy atom. The highest BCUT2D eigenvalue weighted by Crippen LogP contribution is 2.32. The van der Waals surface area contributed by atoms with Gasteiger partial charge in [0.2, 0.25) is 5.16 Å². The SMILES string of the molecule is NCCn1nnnc1SCC1COc2ccccc2O1. The van der Waals surface area contributed by atoms with Crippen LogP contribution in [0.4, 0.5) is 0 Å². The first-order valence-corrected chi connectivity index (χ1v) is 7.33. The Hall–Kier alpha value is -1.80. The molecule has 1 aromatic carbocycles. The Balaban J connectivity index is 1.59. The van der Waals surface area contributed by atoms with Crippen molar-refractivity contribution in [3.8, 4) is 11.5 Å². The maximum atomic E-state index is 5.88. The fourth-order valence-electron chi connectivity index (χ4n) is 1.88. The second-order valence-electron chi connectivity index (χ2n) is 4.28. The number of para-hydroxylation sites is 2. The number of nitrogens with zero attached hydrogens (tertiary/aromatic N) is 4. The standard InChI is InChI=1S/C12H15N5O2S/c13-5-6-17-12(14-15-16-17)20-8-9-7-18-10-3-1-2-4-11(10)19-9/h1-4,9H,5-8,13H2. The van der Waals surface area contributed by atoms with E-state index in [9.17, 15) is 0 Å². The van der Waals surface area contributed by atoms with Gasteiger partial charge in [-0.05, 0) is 22.6 Å². The Morgan fingerprint density at radius 1 is 1.35 bits per heavy atom. The molecule has 8 heteroatoms. The summed E-state index contributed by atoms with van der Waals surface area (Å²) in [5.41, 5.74) is 5.51. The summed E-state index contributed by atoms with van der Waals surface area (Å²) in [6.45, 7) is 1.65. The van der Waals surface area contributed by atoms with Crippen LogP contribution in [0.2, 0.25) is 0 Å². The van der Waals surface area contributed by atoms with Crippen LogP contribution >= 0.6 is 11.8 Å². The number of aromatic nitrogens is 4. The van der Waals surface area contributed by atoms with E-state index in [0.717, 1.165) is 22.4 Å². The van der Waals surface area contributed by atoms with Crippen LogP contribution < -0.4 is 15.2 Å². The fourth-order valence-corrected chi connectivity index (χ4v) is 2.75. The van der Waals surface area contributed by atoms with Crippen molar-refractivity contribution in [3.63, 3.8) is 0 Å². The van der Waals surface area contributed by atoms with Gasteiger partial charge < -0.3 is 15.2 Å². The molecule has 1 aliphatic rings. The molecule has 3 rings (SSSR count).